The topological polar surface area (TPSA) is 46.0 Å². The zero-order chi connectivity index (χ0) is 18.3. The maximum absolute atomic E-state index is 5.54. The molecule has 0 spiro atoms. The summed E-state index contributed by atoms with van der Waals surface area (Å²) < 4.78 is 2.19. The van der Waals surface area contributed by atoms with Crippen molar-refractivity contribution in [2.24, 2.45) is 0 Å². The lowest BCUT2D eigenvalue weighted by atomic mass is 9.97. The van der Waals surface area contributed by atoms with E-state index in [-0.39, 0.29) is 12.1 Å². The zero-order valence-electron chi connectivity index (χ0n) is 15.0. The van der Waals surface area contributed by atoms with Gasteiger partial charge in [-0.15, -0.1) is 0 Å². The van der Waals surface area contributed by atoms with E-state index < -0.39 is 0 Å². The minimum absolute atomic E-state index is 0.0198. The molecule has 4 rings (SSSR count). The molecule has 0 aromatic carbocycles. The minimum atomic E-state index is 0.0198. The zero-order valence-corrected chi connectivity index (χ0v) is 15.9. The van der Waals surface area contributed by atoms with E-state index in [1.807, 2.05) is 55.8 Å². The maximum atomic E-state index is 5.54. The molecule has 0 amide bonds. The van der Waals surface area contributed by atoms with E-state index in [9.17, 15) is 0 Å². The van der Waals surface area contributed by atoms with Crippen LogP contribution < -0.4 is 5.32 Å². The summed E-state index contributed by atoms with van der Waals surface area (Å²) in [6, 6.07) is 14.3. The molecular weight excluding hydrogens is 342 g/mol. The van der Waals surface area contributed by atoms with Gasteiger partial charge in [-0.25, -0.2) is 4.98 Å². The third-order valence-corrected chi connectivity index (χ3v) is 5.41. The third kappa shape index (κ3) is 2.66. The van der Waals surface area contributed by atoms with Crippen molar-refractivity contribution in [3.8, 4) is 5.82 Å². The third-order valence-electron chi connectivity index (χ3n) is 5.01. The molecule has 0 unspecified atom stereocenters. The Morgan fingerprint density at radius 2 is 1.77 bits per heavy atom. The molecular formula is C20H21N5S. The van der Waals surface area contributed by atoms with E-state index in [2.05, 4.69) is 44.7 Å². The van der Waals surface area contributed by atoms with Crippen LogP contribution in [0.4, 0.5) is 0 Å². The largest absolute Gasteiger partial charge is 0.352 e. The lowest BCUT2D eigenvalue weighted by molar-refractivity contribution is 0.367. The second-order valence-corrected chi connectivity index (χ2v) is 6.97. The van der Waals surface area contributed by atoms with Crippen molar-refractivity contribution in [3.05, 3.63) is 77.5 Å². The van der Waals surface area contributed by atoms with Crippen LogP contribution in [0, 0.1) is 13.8 Å². The molecule has 1 aliphatic rings. The highest BCUT2D eigenvalue weighted by Crippen LogP contribution is 2.40. The molecule has 0 aliphatic carbocycles. The van der Waals surface area contributed by atoms with Crippen molar-refractivity contribution in [1.82, 2.24) is 24.8 Å². The van der Waals surface area contributed by atoms with Crippen LogP contribution >= 0.6 is 12.2 Å². The molecule has 1 saturated heterocycles. The molecule has 26 heavy (non-hydrogen) atoms. The number of likely N-dealkylation sites (N-methyl/N-ethyl adjacent to an activating group) is 1. The highest BCUT2D eigenvalue weighted by molar-refractivity contribution is 7.80. The van der Waals surface area contributed by atoms with Gasteiger partial charge in [0.15, 0.2) is 5.11 Å². The van der Waals surface area contributed by atoms with Crippen LogP contribution in [0.2, 0.25) is 0 Å². The fourth-order valence-corrected chi connectivity index (χ4v) is 4.01. The molecule has 132 valence electrons. The van der Waals surface area contributed by atoms with Gasteiger partial charge in [-0.2, -0.15) is 0 Å². The summed E-state index contributed by atoms with van der Waals surface area (Å²) in [6.45, 7) is 4.25. The first-order chi connectivity index (χ1) is 12.6. The molecule has 4 heterocycles. The van der Waals surface area contributed by atoms with E-state index in [0.717, 1.165) is 22.3 Å². The first-order valence-electron chi connectivity index (χ1n) is 8.62. The normalized spacial score (nSPS) is 19.7. The van der Waals surface area contributed by atoms with Crippen LogP contribution in [0.15, 0.2) is 54.9 Å². The fourth-order valence-electron chi connectivity index (χ4n) is 3.77. The van der Waals surface area contributed by atoms with Crippen LogP contribution in [0.25, 0.3) is 5.82 Å². The minimum Gasteiger partial charge on any atom is -0.352 e. The standard InChI is InChI=1S/C20H21N5S/c1-13-12-15(14(2)25(13)17-9-5-7-11-22-17)19-18(23-20(26)24(19)3)16-8-4-6-10-21-16/h4-12,18-19H,1-3H3,(H,23,26)/t18-,19+/m0/s1. The summed E-state index contributed by atoms with van der Waals surface area (Å²) in [5, 5.41) is 4.18. The second kappa shape index (κ2) is 6.53. The van der Waals surface area contributed by atoms with Gasteiger partial charge in [0.2, 0.25) is 0 Å². The van der Waals surface area contributed by atoms with E-state index in [1.165, 1.54) is 11.3 Å². The first kappa shape index (κ1) is 16.7. The molecule has 0 radical (unpaired) electrons. The van der Waals surface area contributed by atoms with Gasteiger partial charge in [-0.1, -0.05) is 12.1 Å². The average molecular weight is 363 g/mol. The quantitative estimate of drug-likeness (QED) is 0.722. The van der Waals surface area contributed by atoms with Crippen molar-refractivity contribution >= 4 is 17.3 Å². The lowest BCUT2D eigenvalue weighted by Gasteiger charge is -2.24. The molecule has 1 N–H and O–H groups in total. The number of aryl methyl sites for hydroxylation is 1. The SMILES string of the molecule is Cc1cc([C@@H]2[C@H](c3ccccn3)NC(=S)N2C)c(C)n1-c1ccccn1. The Bertz CT molecular complexity index is 936. The van der Waals surface area contributed by atoms with Gasteiger partial charge in [0.05, 0.1) is 17.8 Å². The lowest BCUT2D eigenvalue weighted by Crippen LogP contribution is -2.25. The molecule has 1 fully saturated rings. The molecule has 0 saturated carbocycles. The van der Waals surface area contributed by atoms with Crippen molar-refractivity contribution in [3.63, 3.8) is 0 Å². The van der Waals surface area contributed by atoms with Gasteiger partial charge in [-0.3, -0.25) is 4.98 Å². The number of hydrogen-bond donors (Lipinski definition) is 1. The molecule has 1 aliphatic heterocycles. The Morgan fingerprint density at radius 1 is 1.04 bits per heavy atom. The molecule has 2 atom stereocenters. The summed E-state index contributed by atoms with van der Waals surface area (Å²) >= 11 is 5.54. The monoisotopic (exact) mass is 363 g/mol. The molecule has 6 heteroatoms. The summed E-state index contributed by atoms with van der Waals surface area (Å²) in [4.78, 5) is 11.2. The van der Waals surface area contributed by atoms with E-state index in [0.29, 0.717) is 0 Å². The van der Waals surface area contributed by atoms with Crippen LogP contribution in [-0.4, -0.2) is 31.6 Å². The molecule has 0 bridgehead atoms. The van der Waals surface area contributed by atoms with E-state index >= 15 is 0 Å². The van der Waals surface area contributed by atoms with Gasteiger partial charge in [-0.05, 0) is 62.0 Å². The Kier molecular flexibility index (Phi) is 4.20. The fraction of sp³-hybridized carbons (Fsp3) is 0.250. The second-order valence-electron chi connectivity index (χ2n) is 6.59. The van der Waals surface area contributed by atoms with Gasteiger partial charge < -0.3 is 14.8 Å². The Labute approximate surface area is 158 Å². The van der Waals surface area contributed by atoms with Crippen molar-refractivity contribution in [2.75, 3.05) is 7.05 Å². The summed E-state index contributed by atoms with van der Waals surface area (Å²) in [5.41, 5.74) is 4.55. The van der Waals surface area contributed by atoms with Crippen LogP contribution in [0.3, 0.4) is 0 Å². The van der Waals surface area contributed by atoms with Gasteiger partial charge in [0, 0.05) is 30.8 Å². The number of thiocarbonyl (C=S) groups is 1. The first-order valence-corrected chi connectivity index (χ1v) is 9.03. The molecule has 3 aromatic rings. The van der Waals surface area contributed by atoms with E-state index in [1.54, 1.807) is 0 Å². The number of nitrogens with zero attached hydrogens (tertiary/aromatic N) is 4. The van der Waals surface area contributed by atoms with Crippen LogP contribution in [0.5, 0.6) is 0 Å². The summed E-state index contributed by atoms with van der Waals surface area (Å²) in [5.74, 6) is 0.930. The van der Waals surface area contributed by atoms with Gasteiger partial charge in [0.25, 0.3) is 0 Å². The van der Waals surface area contributed by atoms with Gasteiger partial charge in [0.1, 0.15) is 5.82 Å². The summed E-state index contributed by atoms with van der Waals surface area (Å²) in [6.07, 6.45) is 3.65. The van der Waals surface area contributed by atoms with Crippen LogP contribution in [0.1, 0.15) is 34.7 Å². The smallest absolute Gasteiger partial charge is 0.169 e. The van der Waals surface area contributed by atoms with Crippen LogP contribution in [-0.2, 0) is 0 Å². The average Bonchev–Trinajstić information content (AvgIpc) is 3.12. The Balaban J connectivity index is 1.82. The van der Waals surface area contributed by atoms with E-state index in [4.69, 9.17) is 12.2 Å². The van der Waals surface area contributed by atoms with Crippen molar-refractivity contribution in [1.29, 1.82) is 0 Å². The van der Waals surface area contributed by atoms with Crippen molar-refractivity contribution in [2.45, 2.75) is 25.9 Å². The molecule has 3 aromatic heterocycles. The predicted molar refractivity (Wildman–Crippen MR) is 106 cm³/mol. The molecule has 5 nitrogen and oxygen atoms in total. The van der Waals surface area contributed by atoms with Crippen molar-refractivity contribution < 1.29 is 0 Å². The maximum Gasteiger partial charge on any atom is 0.169 e. The Hall–Kier alpha value is -2.73. The van der Waals surface area contributed by atoms with Gasteiger partial charge >= 0.3 is 0 Å². The number of nitrogens with one attached hydrogen (secondary N) is 1. The number of pyridine rings is 2. The highest BCUT2D eigenvalue weighted by Gasteiger charge is 2.39. The predicted octanol–water partition coefficient (Wildman–Crippen LogP) is 3.49. The number of rotatable bonds is 3. The Morgan fingerprint density at radius 3 is 2.42 bits per heavy atom. The highest BCUT2D eigenvalue weighted by atomic mass is 32.1. The number of aromatic nitrogens is 3. The number of hydrogen-bond acceptors (Lipinski definition) is 3. The summed E-state index contributed by atoms with van der Waals surface area (Å²) in [7, 11) is 2.04.